The summed E-state index contributed by atoms with van der Waals surface area (Å²) in [6, 6.07) is 0. The van der Waals surface area contributed by atoms with E-state index in [9.17, 15) is 0 Å². The van der Waals surface area contributed by atoms with Crippen LogP contribution in [0, 0.1) is 5.41 Å². The van der Waals surface area contributed by atoms with Gasteiger partial charge in [0.2, 0.25) is 0 Å². The number of nitrogens with two attached hydrogens (primary N) is 1. The first-order valence-corrected chi connectivity index (χ1v) is 4.20. The van der Waals surface area contributed by atoms with E-state index < -0.39 is 0 Å². The largest absolute Gasteiger partial charge is 0.413 e. The van der Waals surface area contributed by atoms with Crippen molar-refractivity contribution >= 4 is 5.90 Å². The normalized spacial score (nSPS) is 27.4. The maximum Gasteiger partial charge on any atom is 0.342 e. The Morgan fingerprint density at radius 3 is 2.64 bits per heavy atom. The molecular weight excluding hydrogens is 138 g/mol. The number of rotatable bonds is 1. The first-order valence-electron chi connectivity index (χ1n) is 4.20. The van der Waals surface area contributed by atoms with Gasteiger partial charge in [-0.05, 0) is 18.9 Å². The molecule has 1 aliphatic carbocycles. The van der Waals surface area contributed by atoms with Crippen molar-refractivity contribution in [1.82, 2.24) is 0 Å². The minimum absolute atomic E-state index is 0.321. The Kier molecular flexibility index (Phi) is 1.31. The molecule has 0 radical (unpaired) electrons. The fourth-order valence-electron chi connectivity index (χ4n) is 1.74. The highest BCUT2D eigenvalue weighted by Gasteiger charge is 2.40. The third-order valence-corrected chi connectivity index (χ3v) is 2.78. The van der Waals surface area contributed by atoms with Crippen molar-refractivity contribution in [2.75, 3.05) is 0 Å². The topological polar surface area (TPSA) is 34.8 Å². The molecule has 1 saturated carbocycles. The fourth-order valence-corrected chi connectivity index (χ4v) is 1.74. The summed E-state index contributed by atoms with van der Waals surface area (Å²) in [5.41, 5.74) is 0.321. The zero-order valence-electron chi connectivity index (χ0n) is 6.89. The van der Waals surface area contributed by atoms with Crippen LogP contribution in [0.3, 0.4) is 0 Å². The van der Waals surface area contributed by atoms with Crippen molar-refractivity contribution in [1.29, 1.82) is 0 Å². The average Bonchev–Trinajstić information content (AvgIpc) is 2.31. The van der Waals surface area contributed by atoms with Crippen molar-refractivity contribution in [3.8, 4) is 0 Å². The van der Waals surface area contributed by atoms with Crippen molar-refractivity contribution in [2.24, 2.45) is 5.41 Å². The summed E-state index contributed by atoms with van der Waals surface area (Å²) in [5, 5.41) is 5.54. The summed E-state index contributed by atoms with van der Waals surface area (Å²) in [4.78, 5) is 0. The molecule has 0 unspecified atom stereocenters. The molecular formula is C9H14NO+. The van der Waals surface area contributed by atoms with Gasteiger partial charge < -0.3 is 4.74 Å². The van der Waals surface area contributed by atoms with Crippen LogP contribution in [0.25, 0.3) is 0 Å². The van der Waals surface area contributed by atoms with Gasteiger partial charge in [0.15, 0.2) is 0 Å². The first-order chi connectivity index (χ1) is 5.21. The van der Waals surface area contributed by atoms with Crippen LogP contribution in [0.1, 0.15) is 32.6 Å². The summed E-state index contributed by atoms with van der Waals surface area (Å²) < 4.78 is 5.42. The maximum atomic E-state index is 5.54. The van der Waals surface area contributed by atoms with Crippen molar-refractivity contribution in [3.63, 3.8) is 0 Å². The Morgan fingerprint density at radius 2 is 2.27 bits per heavy atom. The number of ether oxygens (including phenoxy) is 1. The van der Waals surface area contributed by atoms with Gasteiger partial charge in [0, 0.05) is 5.41 Å². The van der Waals surface area contributed by atoms with E-state index in [1.807, 2.05) is 0 Å². The van der Waals surface area contributed by atoms with Crippen LogP contribution >= 0.6 is 0 Å². The second-order valence-electron chi connectivity index (χ2n) is 3.76. The number of allylic oxidation sites excluding steroid dienone is 1. The summed E-state index contributed by atoms with van der Waals surface area (Å²) in [5.74, 6) is 1.77. The molecule has 60 valence electrons. The predicted molar refractivity (Wildman–Crippen MR) is 42.7 cm³/mol. The van der Waals surface area contributed by atoms with Gasteiger partial charge in [-0.2, -0.15) is 0 Å². The highest BCUT2D eigenvalue weighted by Crippen LogP contribution is 2.48. The molecule has 0 aromatic rings. The van der Waals surface area contributed by atoms with Crippen LogP contribution in [0.4, 0.5) is 0 Å². The van der Waals surface area contributed by atoms with Crippen LogP contribution in [0.2, 0.25) is 0 Å². The van der Waals surface area contributed by atoms with Crippen LogP contribution < -0.4 is 5.41 Å². The Labute approximate surface area is 66.8 Å². The van der Waals surface area contributed by atoms with E-state index in [2.05, 4.69) is 13.0 Å². The highest BCUT2D eigenvalue weighted by molar-refractivity contribution is 5.75. The lowest BCUT2D eigenvalue weighted by Gasteiger charge is -2.37. The zero-order chi connectivity index (χ0) is 7.90. The summed E-state index contributed by atoms with van der Waals surface area (Å²) >= 11 is 0. The second kappa shape index (κ2) is 2.10. The van der Waals surface area contributed by atoms with E-state index in [0.29, 0.717) is 11.3 Å². The third-order valence-electron chi connectivity index (χ3n) is 2.78. The average molecular weight is 152 g/mol. The van der Waals surface area contributed by atoms with Gasteiger partial charge in [-0.25, -0.2) is 5.41 Å². The Hall–Kier alpha value is -0.790. The molecule has 11 heavy (non-hydrogen) atoms. The van der Waals surface area contributed by atoms with E-state index in [-0.39, 0.29) is 0 Å². The molecule has 2 heteroatoms. The van der Waals surface area contributed by atoms with Crippen LogP contribution in [0.15, 0.2) is 11.8 Å². The van der Waals surface area contributed by atoms with Gasteiger partial charge >= 0.3 is 5.90 Å². The van der Waals surface area contributed by atoms with E-state index in [4.69, 9.17) is 10.1 Å². The van der Waals surface area contributed by atoms with Gasteiger partial charge in [-0.3, -0.25) is 0 Å². The molecule has 1 aliphatic heterocycles. The van der Waals surface area contributed by atoms with E-state index in [1.54, 1.807) is 0 Å². The minimum atomic E-state index is 0.321. The lowest BCUT2D eigenvalue weighted by Crippen LogP contribution is -2.40. The molecule has 1 fully saturated rings. The molecule has 0 amide bonds. The molecule has 2 nitrogen and oxygen atoms in total. The minimum Gasteiger partial charge on any atom is -0.413 e. The predicted octanol–water partition coefficient (Wildman–Crippen LogP) is 0.638. The summed E-state index contributed by atoms with van der Waals surface area (Å²) in [6.45, 7) is 2.25. The SMILES string of the molecule is CC1(C2=CCC(=[NH2+])O2)CCC1. The Bertz CT molecular complexity index is 226. The highest BCUT2D eigenvalue weighted by atomic mass is 16.5. The van der Waals surface area contributed by atoms with Gasteiger partial charge in [-0.1, -0.05) is 13.3 Å². The molecule has 2 aliphatic rings. The lowest BCUT2D eigenvalue weighted by molar-refractivity contribution is -0.138. The van der Waals surface area contributed by atoms with E-state index >= 15 is 0 Å². The molecule has 0 aromatic heterocycles. The van der Waals surface area contributed by atoms with Gasteiger partial charge in [0.25, 0.3) is 0 Å². The quantitative estimate of drug-likeness (QED) is 0.588. The Morgan fingerprint density at radius 1 is 1.55 bits per heavy atom. The standard InChI is InChI=1S/C9H13NO/c1-9(5-2-6-9)7-3-4-8(10)11-7/h3,10H,2,4-6H2,1H3/p+1. The first kappa shape index (κ1) is 6.89. The van der Waals surface area contributed by atoms with Crippen molar-refractivity contribution in [3.05, 3.63) is 11.8 Å². The number of hydrogen-bond acceptors (Lipinski definition) is 1. The zero-order valence-corrected chi connectivity index (χ0v) is 6.89. The molecule has 0 bridgehead atoms. The van der Waals surface area contributed by atoms with Crippen molar-refractivity contribution in [2.45, 2.75) is 32.6 Å². The number of hydrogen-bond donors (Lipinski definition) is 1. The molecule has 0 saturated heterocycles. The molecule has 1 heterocycles. The molecule has 2 rings (SSSR count). The van der Waals surface area contributed by atoms with Crippen LogP contribution in [-0.2, 0) is 4.74 Å². The van der Waals surface area contributed by atoms with Crippen molar-refractivity contribution < 1.29 is 10.1 Å². The molecule has 0 aromatic carbocycles. The Balaban J connectivity index is 2.11. The van der Waals surface area contributed by atoms with Gasteiger partial charge in [0.05, 0.1) is 6.42 Å². The molecule has 2 N–H and O–H groups in total. The van der Waals surface area contributed by atoms with E-state index in [1.165, 1.54) is 19.3 Å². The van der Waals surface area contributed by atoms with Gasteiger partial charge in [-0.15, -0.1) is 0 Å². The third kappa shape index (κ3) is 0.971. The lowest BCUT2D eigenvalue weighted by atomic mass is 9.69. The summed E-state index contributed by atoms with van der Waals surface area (Å²) in [6.07, 6.45) is 6.77. The van der Waals surface area contributed by atoms with Crippen LogP contribution in [-0.4, -0.2) is 5.90 Å². The summed E-state index contributed by atoms with van der Waals surface area (Å²) in [7, 11) is 0. The van der Waals surface area contributed by atoms with Crippen LogP contribution in [0.5, 0.6) is 0 Å². The fraction of sp³-hybridized carbons (Fsp3) is 0.667. The van der Waals surface area contributed by atoms with E-state index in [0.717, 1.165) is 12.2 Å². The maximum absolute atomic E-state index is 5.54. The molecule has 0 spiro atoms. The monoisotopic (exact) mass is 152 g/mol. The smallest absolute Gasteiger partial charge is 0.342 e. The molecule has 0 atom stereocenters. The second-order valence-corrected chi connectivity index (χ2v) is 3.76. The van der Waals surface area contributed by atoms with Gasteiger partial charge in [0.1, 0.15) is 5.76 Å².